The lowest BCUT2D eigenvalue weighted by Gasteiger charge is -2.20. The van der Waals surface area contributed by atoms with E-state index in [4.69, 9.17) is 10.5 Å². The van der Waals surface area contributed by atoms with Gasteiger partial charge >= 0.3 is 6.09 Å². The smallest absolute Gasteiger partial charge is 0.410 e. The highest BCUT2D eigenvalue weighted by Gasteiger charge is 2.31. The summed E-state index contributed by atoms with van der Waals surface area (Å²) in [6.07, 6.45) is 3.97. The molecule has 86 valence electrons. The zero-order valence-corrected chi connectivity index (χ0v) is 9.00. The van der Waals surface area contributed by atoms with Crippen molar-refractivity contribution in [3.8, 4) is 0 Å². The van der Waals surface area contributed by atoms with E-state index in [1.165, 1.54) is 0 Å². The van der Waals surface area contributed by atoms with Gasteiger partial charge in [-0.1, -0.05) is 6.07 Å². The molecule has 1 atom stereocenters. The van der Waals surface area contributed by atoms with E-state index in [-0.39, 0.29) is 12.1 Å². The van der Waals surface area contributed by atoms with Crippen LogP contribution in [0, 0.1) is 0 Å². The van der Waals surface area contributed by atoms with E-state index in [0.29, 0.717) is 19.7 Å². The minimum atomic E-state index is -0.262. The molecule has 1 aliphatic heterocycles. The molecule has 0 radical (unpaired) electrons. The third kappa shape index (κ3) is 2.30. The van der Waals surface area contributed by atoms with Gasteiger partial charge in [0.25, 0.3) is 0 Å². The van der Waals surface area contributed by atoms with Gasteiger partial charge in [-0.15, -0.1) is 0 Å². The summed E-state index contributed by atoms with van der Waals surface area (Å²) in [5.41, 5.74) is 6.51. The number of aromatic nitrogens is 1. The number of rotatable bonds is 4. The van der Waals surface area contributed by atoms with Gasteiger partial charge in [0.1, 0.15) is 6.61 Å². The molecular weight excluding hydrogens is 206 g/mol. The van der Waals surface area contributed by atoms with Crippen molar-refractivity contribution in [3.63, 3.8) is 0 Å². The summed E-state index contributed by atoms with van der Waals surface area (Å²) in [5.74, 6) is 0. The summed E-state index contributed by atoms with van der Waals surface area (Å²) in [6.45, 7) is 1.54. The second-order valence-electron chi connectivity index (χ2n) is 3.80. The van der Waals surface area contributed by atoms with Crippen LogP contribution in [0.1, 0.15) is 12.0 Å². The van der Waals surface area contributed by atoms with Gasteiger partial charge in [-0.3, -0.25) is 9.88 Å². The molecule has 1 aromatic rings. The van der Waals surface area contributed by atoms with Gasteiger partial charge in [0.05, 0.1) is 12.6 Å². The first-order valence-electron chi connectivity index (χ1n) is 5.33. The molecule has 2 rings (SSSR count). The molecule has 0 bridgehead atoms. The topological polar surface area (TPSA) is 68.5 Å². The molecule has 0 aromatic carbocycles. The van der Waals surface area contributed by atoms with Crippen molar-refractivity contribution in [1.82, 2.24) is 9.88 Å². The average Bonchev–Trinajstić information content (AvgIpc) is 2.64. The normalized spacial score (nSPS) is 19.9. The highest BCUT2D eigenvalue weighted by Crippen LogP contribution is 2.17. The number of nitrogens with zero attached hydrogens (tertiary/aromatic N) is 2. The molecule has 0 saturated carbocycles. The van der Waals surface area contributed by atoms with Crippen molar-refractivity contribution in [2.45, 2.75) is 19.0 Å². The van der Waals surface area contributed by atoms with Crippen LogP contribution in [-0.2, 0) is 11.3 Å². The van der Waals surface area contributed by atoms with Crippen molar-refractivity contribution < 1.29 is 9.53 Å². The third-order valence-corrected chi connectivity index (χ3v) is 2.65. The molecule has 2 heterocycles. The SMILES string of the molecule is NCCC1COC(=O)N1Cc1cccnc1. The Bertz CT molecular complexity index is 356. The first-order valence-corrected chi connectivity index (χ1v) is 5.33. The van der Waals surface area contributed by atoms with Gasteiger partial charge in [0.15, 0.2) is 0 Å². The molecular formula is C11H15N3O2. The fourth-order valence-corrected chi connectivity index (χ4v) is 1.80. The summed E-state index contributed by atoms with van der Waals surface area (Å²) < 4.78 is 5.01. The van der Waals surface area contributed by atoms with Crippen LogP contribution in [0.3, 0.4) is 0 Å². The molecule has 1 unspecified atom stereocenters. The van der Waals surface area contributed by atoms with E-state index < -0.39 is 0 Å². The average molecular weight is 221 g/mol. The predicted molar refractivity (Wildman–Crippen MR) is 58.6 cm³/mol. The number of ether oxygens (including phenoxy) is 1. The van der Waals surface area contributed by atoms with Crippen LogP contribution in [-0.4, -0.2) is 35.2 Å². The minimum Gasteiger partial charge on any atom is -0.447 e. The van der Waals surface area contributed by atoms with Crippen molar-refractivity contribution in [1.29, 1.82) is 0 Å². The van der Waals surface area contributed by atoms with Crippen LogP contribution in [0.4, 0.5) is 4.79 Å². The number of carbonyl (C=O) groups excluding carboxylic acids is 1. The zero-order chi connectivity index (χ0) is 11.4. The van der Waals surface area contributed by atoms with Crippen molar-refractivity contribution in [2.24, 2.45) is 5.73 Å². The lowest BCUT2D eigenvalue weighted by molar-refractivity contribution is 0.156. The lowest BCUT2D eigenvalue weighted by atomic mass is 10.2. The van der Waals surface area contributed by atoms with Gasteiger partial charge in [-0.2, -0.15) is 0 Å². The summed E-state index contributed by atoms with van der Waals surface area (Å²) in [4.78, 5) is 17.2. The maximum absolute atomic E-state index is 11.5. The Kier molecular flexibility index (Phi) is 3.36. The number of hydrogen-bond acceptors (Lipinski definition) is 4. The number of carbonyl (C=O) groups is 1. The highest BCUT2D eigenvalue weighted by atomic mass is 16.6. The largest absolute Gasteiger partial charge is 0.447 e. The molecule has 5 nitrogen and oxygen atoms in total. The number of cyclic esters (lactones) is 1. The van der Waals surface area contributed by atoms with Gasteiger partial charge in [0.2, 0.25) is 0 Å². The minimum absolute atomic E-state index is 0.0951. The summed E-state index contributed by atoms with van der Waals surface area (Å²) >= 11 is 0. The molecule has 5 heteroatoms. The van der Waals surface area contributed by atoms with Crippen LogP contribution < -0.4 is 5.73 Å². The van der Waals surface area contributed by atoms with E-state index in [2.05, 4.69) is 4.98 Å². The van der Waals surface area contributed by atoms with Crippen molar-refractivity contribution in [2.75, 3.05) is 13.2 Å². The van der Waals surface area contributed by atoms with Gasteiger partial charge in [0, 0.05) is 12.4 Å². The standard InChI is InChI=1S/C11H15N3O2/c12-4-3-10-8-16-11(15)14(10)7-9-2-1-5-13-6-9/h1-2,5-6,10H,3-4,7-8,12H2. The van der Waals surface area contributed by atoms with Crippen LogP contribution in [0.2, 0.25) is 0 Å². The Morgan fingerprint density at radius 3 is 3.19 bits per heavy atom. The first-order chi connectivity index (χ1) is 7.81. The van der Waals surface area contributed by atoms with E-state index in [1.807, 2.05) is 12.1 Å². The number of pyridine rings is 1. The molecule has 1 aliphatic rings. The van der Waals surface area contributed by atoms with Gasteiger partial charge in [-0.05, 0) is 24.6 Å². The second kappa shape index (κ2) is 4.94. The third-order valence-electron chi connectivity index (χ3n) is 2.65. The van der Waals surface area contributed by atoms with E-state index in [1.54, 1.807) is 17.3 Å². The van der Waals surface area contributed by atoms with Crippen LogP contribution in [0.5, 0.6) is 0 Å². The van der Waals surface area contributed by atoms with E-state index >= 15 is 0 Å². The fraction of sp³-hybridized carbons (Fsp3) is 0.455. The Morgan fingerprint density at radius 2 is 2.50 bits per heavy atom. The number of nitrogens with two attached hydrogens (primary N) is 1. The number of hydrogen-bond donors (Lipinski definition) is 1. The van der Waals surface area contributed by atoms with Crippen molar-refractivity contribution >= 4 is 6.09 Å². The molecule has 1 fully saturated rings. The summed E-state index contributed by atoms with van der Waals surface area (Å²) in [5, 5.41) is 0. The highest BCUT2D eigenvalue weighted by molar-refractivity contribution is 5.70. The first kappa shape index (κ1) is 10.9. The quantitative estimate of drug-likeness (QED) is 0.814. The molecule has 1 saturated heterocycles. The lowest BCUT2D eigenvalue weighted by Crippen LogP contribution is -2.34. The maximum Gasteiger partial charge on any atom is 0.410 e. The fourth-order valence-electron chi connectivity index (χ4n) is 1.80. The van der Waals surface area contributed by atoms with Gasteiger partial charge < -0.3 is 10.5 Å². The van der Waals surface area contributed by atoms with Gasteiger partial charge in [-0.25, -0.2) is 4.79 Å². The van der Waals surface area contributed by atoms with Crippen LogP contribution >= 0.6 is 0 Å². The second-order valence-corrected chi connectivity index (χ2v) is 3.80. The molecule has 16 heavy (non-hydrogen) atoms. The summed E-state index contributed by atoms with van der Waals surface area (Å²) in [7, 11) is 0. The molecule has 1 aromatic heterocycles. The Hall–Kier alpha value is -1.62. The van der Waals surface area contributed by atoms with E-state index in [9.17, 15) is 4.79 Å². The molecule has 1 amide bonds. The predicted octanol–water partition coefficient (Wildman–Crippen LogP) is 0.751. The maximum atomic E-state index is 11.5. The summed E-state index contributed by atoms with van der Waals surface area (Å²) in [6, 6.07) is 3.89. The Balaban J connectivity index is 2.04. The molecule has 0 spiro atoms. The Labute approximate surface area is 94.2 Å². The monoisotopic (exact) mass is 221 g/mol. The Morgan fingerprint density at radius 1 is 1.62 bits per heavy atom. The van der Waals surface area contributed by atoms with Crippen molar-refractivity contribution in [3.05, 3.63) is 30.1 Å². The van der Waals surface area contributed by atoms with E-state index in [0.717, 1.165) is 12.0 Å². The van der Waals surface area contributed by atoms with Crippen LogP contribution in [0.15, 0.2) is 24.5 Å². The molecule has 2 N–H and O–H groups in total. The molecule has 0 aliphatic carbocycles. The van der Waals surface area contributed by atoms with Crippen LogP contribution in [0.25, 0.3) is 0 Å². The zero-order valence-electron chi connectivity index (χ0n) is 9.00. The number of amides is 1.